The number of benzene rings is 5. The molecule has 0 radical (unpaired) electrons. The molecule has 2 heterocycles. The molecule has 2 aromatic heterocycles. The minimum absolute atomic E-state index is 0.951. The first-order valence-electron chi connectivity index (χ1n) is 11.3. The van der Waals surface area contributed by atoms with Gasteiger partial charge in [-0.25, -0.2) is 9.13 Å². The van der Waals surface area contributed by atoms with Crippen LogP contribution in [0.25, 0.3) is 65.9 Å². The molecule has 0 bridgehead atoms. The lowest BCUT2D eigenvalue weighted by molar-refractivity contribution is -0.634. The molecule has 0 amide bonds. The number of hydrogen-bond acceptors (Lipinski definition) is 1. The van der Waals surface area contributed by atoms with Crippen molar-refractivity contribution in [3.05, 3.63) is 90.5 Å². The van der Waals surface area contributed by atoms with Crippen LogP contribution in [0.15, 0.2) is 89.3 Å². The number of furan rings is 1. The van der Waals surface area contributed by atoms with Gasteiger partial charge in [0.15, 0.2) is 16.6 Å². The van der Waals surface area contributed by atoms with E-state index in [1.165, 1.54) is 32.8 Å². The third-order valence-corrected chi connectivity index (χ3v) is 7.20. The molecule has 0 saturated heterocycles. The highest BCUT2D eigenvalue weighted by Crippen LogP contribution is 2.41. The number of nitrogens with zero attached hydrogens (tertiary/aromatic N) is 2. The highest BCUT2D eigenvalue weighted by molar-refractivity contribution is 6.21. The molecular weight excluding hydrogens is 404 g/mol. The lowest BCUT2D eigenvalue weighted by Gasteiger charge is -2.04. The second kappa shape index (κ2) is 6.46. The zero-order valence-electron chi connectivity index (χ0n) is 18.9. The molecule has 5 aromatic carbocycles. The first-order valence-corrected chi connectivity index (χ1v) is 11.3. The van der Waals surface area contributed by atoms with Crippen LogP contribution in [-0.4, -0.2) is 4.57 Å². The molecule has 7 rings (SSSR count). The summed E-state index contributed by atoms with van der Waals surface area (Å²) < 4.78 is 11.3. The van der Waals surface area contributed by atoms with E-state index in [0.29, 0.717) is 0 Å². The summed E-state index contributed by atoms with van der Waals surface area (Å²) >= 11 is 0. The van der Waals surface area contributed by atoms with Crippen LogP contribution in [0, 0.1) is 6.92 Å². The summed E-state index contributed by atoms with van der Waals surface area (Å²) in [5.74, 6) is 1.15. The Bertz CT molecular complexity index is 1860. The number of rotatable bonds is 1. The van der Waals surface area contributed by atoms with Gasteiger partial charge in [-0.1, -0.05) is 60.7 Å². The van der Waals surface area contributed by atoms with E-state index in [0.717, 1.165) is 38.7 Å². The van der Waals surface area contributed by atoms with Gasteiger partial charge in [0.1, 0.15) is 11.1 Å². The topological polar surface area (TPSA) is 21.9 Å². The fraction of sp³-hybridized carbons (Fsp3) is 0.100. The van der Waals surface area contributed by atoms with E-state index in [9.17, 15) is 0 Å². The van der Waals surface area contributed by atoms with E-state index >= 15 is 0 Å². The quantitative estimate of drug-likeness (QED) is 0.201. The lowest BCUT2D eigenvalue weighted by Crippen LogP contribution is -2.30. The van der Waals surface area contributed by atoms with Gasteiger partial charge in [0.2, 0.25) is 0 Å². The smallest absolute Gasteiger partial charge is 0.293 e. The zero-order chi connectivity index (χ0) is 22.3. The van der Waals surface area contributed by atoms with Crippen molar-refractivity contribution in [2.45, 2.75) is 6.92 Å². The predicted molar refractivity (Wildman–Crippen MR) is 137 cm³/mol. The van der Waals surface area contributed by atoms with Crippen molar-refractivity contribution in [2.75, 3.05) is 0 Å². The fourth-order valence-electron chi connectivity index (χ4n) is 5.58. The van der Waals surface area contributed by atoms with Gasteiger partial charge in [0.25, 0.3) is 5.82 Å². The zero-order valence-corrected chi connectivity index (χ0v) is 18.9. The number of imidazole rings is 1. The molecule has 0 aliphatic rings. The molecular formula is C30H23N2O+. The van der Waals surface area contributed by atoms with Crippen LogP contribution in [0.3, 0.4) is 0 Å². The van der Waals surface area contributed by atoms with Crippen molar-refractivity contribution in [1.29, 1.82) is 0 Å². The van der Waals surface area contributed by atoms with Crippen LogP contribution >= 0.6 is 0 Å². The van der Waals surface area contributed by atoms with Gasteiger partial charge in [-0.3, -0.25) is 0 Å². The Hall–Kier alpha value is -4.11. The third kappa shape index (κ3) is 2.37. The van der Waals surface area contributed by atoms with Gasteiger partial charge in [0, 0.05) is 16.2 Å². The molecule has 0 aliphatic heterocycles. The summed E-state index contributed by atoms with van der Waals surface area (Å²) in [5.41, 5.74) is 6.68. The summed E-state index contributed by atoms with van der Waals surface area (Å²) in [6.07, 6.45) is 0. The Labute approximate surface area is 191 Å². The molecule has 0 atom stereocenters. The van der Waals surface area contributed by atoms with Gasteiger partial charge >= 0.3 is 0 Å². The number of aryl methyl sites for hydroxylation is 3. The van der Waals surface area contributed by atoms with Gasteiger partial charge in [-0.15, -0.1) is 0 Å². The van der Waals surface area contributed by atoms with Gasteiger partial charge in [-0.05, 0) is 52.9 Å². The Kier molecular flexibility index (Phi) is 3.61. The van der Waals surface area contributed by atoms with E-state index in [1.54, 1.807) is 0 Å². The number of hydrogen-bond donors (Lipinski definition) is 0. The normalized spacial score (nSPS) is 12.1. The maximum absolute atomic E-state index is 6.76. The van der Waals surface area contributed by atoms with E-state index in [1.807, 2.05) is 0 Å². The molecule has 3 nitrogen and oxygen atoms in total. The monoisotopic (exact) mass is 427 g/mol. The Balaban J connectivity index is 1.64. The standard InChI is InChI=1S/C30H23N2O/c1-18-12-14-24-23-17-16-21-20-9-5-4-8-19(20)13-15-22(21)28(23)33-29(24)27(18)30-31(2)25-10-6-7-11-26(25)32(30)3/h4-17H,1-3H3/q+1. The molecule has 3 heteroatoms. The second-order valence-electron chi connectivity index (χ2n) is 8.99. The highest BCUT2D eigenvalue weighted by atomic mass is 16.3. The Morgan fingerprint density at radius 3 is 2.21 bits per heavy atom. The van der Waals surface area contributed by atoms with Crippen LogP contribution in [-0.2, 0) is 14.1 Å². The lowest BCUT2D eigenvalue weighted by atomic mass is 9.99. The average molecular weight is 428 g/mol. The van der Waals surface area contributed by atoms with Crippen LogP contribution in [0.2, 0.25) is 0 Å². The Morgan fingerprint density at radius 2 is 1.33 bits per heavy atom. The molecule has 0 fully saturated rings. The maximum atomic E-state index is 6.76. The van der Waals surface area contributed by atoms with Crippen LogP contribution in [0.1, 0.15) is 5.56 Å². The summed E-state index contributed by atoms with van der Waals surface area (Å²) in [6, 6.07) is 30.4. The Morgan fingerprint density at radius 1 is 0.667 bits per heavy atom. The summed E-state index contributed by atoms with van der Waals surface area (Å²) in [6.45, 7) is 2.17. The van der Waals surface area contributed by atoms with E-state index in [-0.39, 0.29) is 0 Å². The number of para-hydroxylation sites is 2. The maximum Gasteiger partial charge on any atom is 0.293 e. The van der Waals surface area contributed by atoms with Crippen LogP contribution in [0.5, 0.6) is 0 Å². The van der Waals surface area contributed by atoms with Crippen molar-refractivity contribution < 1.29 is 8.98 Å². The molecule has 0 unspecified atom stereocenters. The van der Waals surface area contributed by atoms with E-state index in [2.05, 4.69) is 115 Å². The van der Waals surface area contributed by atoms with Gasteiger partial charge in [-0.2, -0.15) is 0 Å². The van der Waals surface area contributed by atoms with Gasteiger partial charge < -0.3 is 4.42 Å². The average Bonchev–Trinajstić information content (AvgIpc) is 3.35. The summed E-state index contributed by atoms with van der Waals surface area (Å²) in [7, 11) is 4.28. The van der Waals surface area contributed by atoms with Crippen molar-refractivity contribution in [2.24, 2.45) is 14.1 Å². The fourth-order valence-corrected chi connectivity index (χ4v) is 5.58. The summed E-state index contributed by atoms with van der Waals surface area (Å²) in [5, 5.41) is 7.22. The first-order chi connectivity index (χ1) is 16.1. The SMILES string of the molecule is Cc1ccc2c(oc3c2ccc2c4ccccc4ccc23)c1-c1n(C)c2ccccc2[n+]1C. The van der Waals surface area contributed by atoms with Crippen LogP contribution < -0.4 is 4.57 Å². The van der Waals surface area contributed by atoms with Gasteiger partial charge in [0.05, 0.1) is 14.1 Å². The summed E-state index contributed by atoms with van der Waals surface area (Å²) in [4.78, 5) is 0. The largest absolute Gasteiger partial charge is 0.454 e. The second-order valence-corrected chi connectivity index (χ2v) is 8.99. The number of aromatic nitrogens is 2. The number of fused-ring (bicyclic) bond motifs is 8. The highest BCUT2D eigenvalue weighted by Gasteiger charge is 2.27. The molecule has 0 saturated carbocycles. The molecule has 0 N–H and O–H groups in total. The molecule has 0 spiro atoms. The van der Waals surface area contributed by atoms with Crippen molar-refractivity contribution in [3.8, 4) is 11.4 Å². The molecule has 158 valence electrons. The predicted octanol–water partition coefficient (Wildman–Crippen LogP) is 7.18. The van der Waals surface area contributed by atoms with E-state index in [4.69, 9.17) is 4.42 Å². The van der Waals surface area contributed by atoms with Crippen LogP contribution in [0.4, 0.5) is 0 Å². The first kappa shape index (κ1) is 18.5. The molecule has 33 heavy (non-hydrogen) atoms. The third-order valence-electron chi connectivity index (χ3n) is 7.20. The minimum Gasteiger partial charge on any atom is -0.454 e. The molecule has 0 aliphatic carbocycles. The van der Waals surface area contributed by atoms with Crippen molar-refractivity contribution >= 4 is 54.5 Å². The van der Waals surface area contributed by atoms with E-state index < -0.39 is 0 Å². The van der Waals surface area contributed by atoms with Crippen molar-refractivity contribution in [3.63, 3.8) is 0 Å². The minimum atomic E-state index is 0.951. The molecule has 7 aromatic rings. The van der Waals surface area contributed by atoms with Crippen molar-refractivity contribution in [1.82, 2.24) is 4.57 Å².